The van der Waals surface area contributed by atoms with Gasteiger partial charge in [-0.1, -0.05) is 30.4 Å². The molecule has 0 saturated heterocycles. The summed E-state index contributed by atoms with van der Waals surface area (Å²) in [6, 6.07) is 12.7. The molecule has 0 amide bonds. The molecule has 0 saturated carbocycles. The number of anilines is 1. The first-order chi connectivity index (χ1) is 9.83. The number of rotatable bonds is 6. The Kier molecular flexibility index (Phi) is 5.69. The van der Waals surface area contributed by atoms with Gasteiger partial charge >= 0.3 is 0 Å². The van der Waals surface area contributed by atoms with Gasteiger partial charge in [0.05, 0.1) is 0 Å². The topological polar surface area (TPSA) is 16.1 Å². The van der Waals surface area contributed by atoms with Gasteiger partial charge < -0.3 is 4.90 Å². The molecule has 1 heterocycles. The maximum Gasteiger partial charge on any atom is 0.0448 e. The van der Waals surface area contributed by atoms with Crippen LogP contribution in [-0.4, -0.2) is 11.5 Å². The molecule has 1 aromatic heterocycles. The van der Waals surface area contributed by atoms with E-state index >= 15 is 0 Å². The molecule has 2 nitrogen and oxygen atoms in total. The number of nitrogens with zero attached hydrogens (tertiary/aromatic N) is 2. The maximum absolute atomic E-state index is 4.30. The van der Waals surface area contributed by atoms with Crippen LogP contribution < -0.4 is 4.90 Å². The van der Waals surface area contributed by atoms with Crippen LogP contribution in [0.2, 0.25) is 0 Å². The highest BCUT2D eigenvalue weighted by molar-refractivity contribution is 7.79. The van der Waals surface area contributed by atoms with Gasteiger partial charge in [-0.25, -0.2) is 0 Å². The second kappa shape index (κ2) is 7.75. The number of pyridine rings is 1. The van der Waals surface area contributed by atoms with Gasteiger partial charge in [-0.05, 0) is 36.2 Å². The smallest absolute Gasteiger partial charge is 0.0448 e. The Morgan fingerprint density at radius 2 is 1.95 bits per heavy atom. The van der Waals surface area contributed by atoms with Crippen LogP contribution in [0.15, 0.2) is 60.9 Å². The summed E-state index contributed by atoms with van der Waals surface area (Å²) in [5.74, 6) is 0.776. The lowest BCUT2D eigenvalue weighted by Crippen LogP contribution is -2.22. The Bertz CT molecular complexity index is 535. The molecule has 20 heavy (non-hydrogen) atoms. The third-order valence-corrected chi connectivity index (χ3v) is 3.51. The van der Waals surface area contributed by atoms with Crippen LogP contribution in [0.1, 0.15) is 18.1 Å². The van der Waals surface area contributed by atoms with E-state index in [1.807, 2.05) is 19.2 Å². The number of aromatic nitrogens is 1. The predicted molar refractivity (Wildman–Crippen MR) is 89.2 cm³/mol. The van der Waals surface area contributed by atoms with Gasteiger partial charge in [0.25, 0.3) is 0 Å². The van der Waals surface area contributed by atoms with E-state index in [9.17, 15) is 0 Å². The van der Waals surface area contributed by atoms with Crippen LogP contribution >= 0.6 is 12.6 Å². The van der Waals surface area contributed by atoms with Crippen molar-refractivity contribution in [2.75, 3.05) is 11.4 Å². The van der Waals surface area contributed by atoms with E-state index in [0.29, 0.717) is 0 Å². The van der Waals surface area contributed by atoms with Crippen LogP contribution in [0.4, 0.5) is 5.69 Å². The van der Waals surface area contributed by atoms with Gasteiger partial charge in [-0.15, -0.1) is 0 Å². The summed E-state index contributed by atoms with van der Waals surface area (Å²) in [5.41, 5.74) is 3.68. The number of allylic oxidation sites excluding steroid dienone is 1. The van der Waals surface area contributed by atoms with E-state index in [1.165, 1.54) is 16.8 Å². The van der Waals surface area contributed by atoms with E-state index in [-0.39, 0.29) is 0 Å². The fourth-order valence-corrected chi connectivity index (χ4v) is 2.23. The molecule has 0 spiro atoms. The summed E-state index contributed by atoms with van der Waals surface area (Å²) in [4.78, 5) is 6.52. The van der Waals surface area contributed by atoms with E-state index < -0.39 is 0 Å². The van der Waals surface area contributed by atoms with Crippen molar-refractivity contribution < 1.29 is 0 Å². The van der Waals surface area contributed by atoms with Gasteiger partial charge in [0.1, 0.15) is 0 Å². The summed E-state index contributed by atoms with van der Waals surface area (Å²) < 4.78 is 0. The van der Waals surface area contributed by atoms with Gasteiger partial charge in [0.2, 0.25) is 0 Å². The monoisotopic (exact) mass is 284 g/mol. The first kappa shape index (κ1) is 14.7. The lowest BCUT2D eigenvalue weighted by atomic mass is 10.2. The molecule has 0 N–H and O–H groups in total. The Morgan fingerprint density at radius 3 is 2.55 bits per heavy atom. The van der Waals surface area contributed by atoms with E-state index in [1.54, 1.807) is 6.20 Å². The van der Waals surface area contributed by atoms with Gasteiger partial charge in [-0.3, -0.25) is 4.98 Å². The molecule has 0 radical (unpaired) electrons. The van der Waals surface area contributed by atoms with Gasteiger partial charge in [0, 0.05) is 36.9 Å². The summed E-state index contributed by atoms with van der Waals surface area (Å²) in [5, 5.41) is 0. The molecule has 0 fully saturated rings. The predicted octanol–water partition coefficient (Wildman–Crippen LogP) is 4.09. The molecule has 2 aromatic rings. The van der Waals surface area contributed by atoms with Crippen molar-refractivity contribution >= 4 is 18.3 Å². The maximum atomic E-state index is 4.30. The van der Waals surface area contributed by atoms with Crippen LogP contribution in [0, 0.1) is 0 Å². The van der Waals surface area contributed by atoms with Crippen molar-refractivity contribution in [3.8, 4) is 0 Å². The molecule has 0 atom stereocenters. The first-order valence-corrected chi connectivity index (χ1v) is 7.41. The molecule has 0 aliphatic carbocycles. The average molecular weight is 284 g/mol. The Morgan fingerprint density at radius 1 is 1.15 bits per heavy atom. The largest absolute Gasteiger partial charge is 0.363 e. The van der Waals surface area contributed by atoms with E-state index in [4.69, 9.17) is 0 Å². The minimum Gasteiger partial charge on any atom is -0.363 e. The molecular formula is C17H20N2S. The second-order valence-electron chi connectivity index (χ2n) is 4.64. The van der Waals surface area contributed by atoms with Crippen LogP contribution in [0.5, 0.6) is 0 Å². The standard InChI is InChI=1S/C17H20N2S/c1-2-3-11-19(13-16-5-4-10-18-12-16)17-8-6-15(14-20)7-9-17/h2-10,12,20H,11,13-14H2,1H3/b3-2+. The molecule has 3 heteroatoms. The van der Waals surface area contributed by atoms with E-state index in [2.05, 4.69) is 65.0 Å². The number of benzene rings is 1. The zero-order chi connectivity index (χ0) is 14.2. The minimum atomic E-state index is 0.776. The molecule has 0 aliphatic heterocycles. The van der Waals surface area contributed by atoms with Crippen molar-refractivity contribution in [3.63, 3.8) is 0 Å². The molecule has 104 valence electrons. The van der Waals surface area contributed by atoms with E-state index in [0.717, 1.165) is 18.8 Å². The molecule has 0 unspecified atom stereocenters. The molecular weight excluding hydrogens is 264 g/mol. The summed E-state index contributed by atoms with van der Waals surface area (Å²) in [7, 11) is 0. The SMILES string of the molecule is C/C=C/CN(Cc1cccnc1)c1ccc(CS)cc1. The minimum absolute atomic E-state index is 0.776. The summed E-state index contributed by atoms with van der Waals surface area (Å²) >= 11 is 4.30. The van der Waals surface area contributed by atoms with Crippen molar-refractivity contribution in [1.29, 1.82) is 0 Å². The summed E-state index contributed by atoms with van der Waals surface area (Å²) in [6.07, 6.45) is 7.98. The highest BCUT2D eigenvalue weighted by atomic mass is 32.1. The molecule has 1 aromatic carbocycles. The quantitative estimate of drug-likeness (QED) is 0.635. The fourth-order valence-electron chi connectivity index (χ4n) is 2.02. The third kappa shape index (κ3) is 4.14. The number of hydrogen-bond donors (Lipinski definition) is 1. The highest BCUT2D eigenvalue weighted by Gasteiger charge is 2.06. The van der Waals surface area contributed by atoms with Crippen molar-refractivity contribution in [2.24, 2.45) is 0 Å². The first-order valence-electron chi connectivity index (χ1n) is 6.78. The van der Waals surface area contributed by atoms with Crippen LogP contribution in [-0.2, 0) is 12.3 Å². The fraction of sp³-hybridized carbons (Fsp3) is 0.235. The van der Waals surface area contributed by atoms with Gasteiger partial charge in [-0.2, -0.15) is 12.6 Å². The molecule has 0 bridgehead atoms. The Balaban J connectivity index is 2.17. The lowest BCUT2D eigenvalue weighted by Gasteiger charge is -2.23. The lowest BCUT2D eigenvalue weighted by molar-refractivity contribution is 0.861. The average Bonchev–Trinajstić information content (AvgIpc) is 2.52. The zero-order valence-corrected chi connectivity index (χ0v) is 12.6. The normalized spacial score (nSPS) is 10.9. The Labute approximate surface area is 126 Å². The third-order valence-electron chi connectivity index (χ3n) is 3.14. The van der Waals surface area contributed by atoms with Crippen molar-refractivity contribution in [2.45, 2.75) is 19.2 Å². The Hall–Kier alpha value is -1.74. The highest BCUT2D eigenvalue weighted by Crippen LogP contribution is 2.18. The van der Waals surface area contributed by atoms with Crippen LogP contribution in [0.25, 0.3) is 0 Å². The van der Waals surface area contributed by atoms with Crippen LogP contribution in [0.3, 0.4) is 0 Å². The van der Waals surface area contributed by atoms with Gasteiger partial charge in [0.15, 0.2) is 0 Å². The van der Waals surface area contributed by atoms with Crippen molar-refractivity contribution in [1.82, 2.24) is 4.98 Å². The molecule has 2 rings (SSSR count). The number of hydrogen-bond acceptors (Lipinski definition) is 3. The van der Waals surface area contributed by atoms with Crippen molar-refractivity contribution in [3.05, 3.63) is 72.1 Å². The zero-order valence-electron chi connectivity index (χ0n) is 11.7. The molecule has 0 aliphatic rings. The second-order valence-corrected chi connectivity index (χ2v) is 4.95. The summed E-state index contributed by atoms with van der Waals surface area (Å²) in [6.45, 7) is 3.80. The number of thiol groups is 1.